The Hall–Kier alpha value is -3.14. The predicted molar refractivity (Wildman–Crippen MR) is 122 cm³/mol. The summed E-state index contributed by atoms with van der Waals surface area (Å²) in [4.78, 5) is 27.8. The number of benzene rings is 3. The predicted octanol–water partition coefficient (Wildman–Crippen LogP) is 4.88. The normalized spacial score (nSPS) is 16.5. The molecule has 1 N–H and O–H groups in total. The fourth-order valence-corrected chi connectivity index (χ4v) is 4.24. The summed E-state index contributed by atoms with van der Waals surface area (Å²) in [5, 5.41) is 5.34. The average Bonchev–Trinajstić information content (AvgIpc) is 2.76. The van der Waals surface area contributed by atoms with Crippen molar-refractivity contribution in [2.24, 2.45) is 5.92 Å². The zero-order chi connectivity index (χ0) is 21.1. The molecule has 0 aliphatic carbocycles. The third-order valence-corrected chi connectivity index (χ3v) is 6.02. The molecule has 1 atom stereocenters. The average molecular weight is 401 g/mol. The number of anilines is 1. The van der Waals surface area contributed by atoms with Gasteiger partial charge in [-0.3, -0.25) is 9.59 Å². The number of hydrogen-bond donors (Lipinski definition) is 1. The van der Waals surface area contributed by atoms with Gasteiger partial charge < -0.3 is 10.2 Å². The second-order valence-electron chi connectivity index (χ2n) is 8.30. The zero-order valence-corrected chi connectivity index (χ0v) is 17.7. The molecule has 1 unspecified atom stereocenters. The molecule has 0 saturated carbocycles. The maximum absolute atomic E-state index is 13.0. The van der Waals surface area contributed by atoms with Gasteiger partial charge in [-0.1, -0.05) is 54.6 Å². The van der Waals surface area contributed by atoms with Crippen molar-refractivity contribution in [3.63, 3.8) is 0 Å². The molecule has 0 aromatic heterocycles. The smallest absolute Gasteiger partial charge is 0.229 e. The Kier molecular flexibility index (Phi) is 5.84. The quantitative estimate of drug-likeness (QED) is 0.679. The summed E-state index contributed by atoms with van der Waals surface area (Å²) in [5.41, 5.74) is 4.07. The molecule has 30 heavy (non-hydrogen) atoms. The van der Waals surface area contributed by atoms with E-state index >= 15 is 0 Å². The highest BCUT2D eigenvalue weighted by atomic mass is 16.2. The van der Waals surface area contributed by atoms with Crippen LogP contribution in [-0.2, 0) is 16.0 Å². The molecule has 1 aliphatic heterocycles. The van der Waals surface area contributed by atoms with Gasteiger partial charge in [0.1, 0.15) is 0 Å². The number of carbonyl (C=O) groups is 2. The van der Waals surface area contributed by atoms with Crippen molar-refractivity contribution >= 4 is 28.3 Å². The first-order valence-corrected chi connectivity index (χ1v) is 10.6. The fourth-order valence-electron chi connectivity index (χ4n) is 4.24. The van der Waals surface area contributed by atoms with E-state index in [9.17, 15) is 9.59 Å². The van der Waals surface area contributed by atoms with Crippen LogP contribution < -0.4 is 5.32 Å². The Morgan fingerprint density at radius 3 is 2.70 bits per heavy atom. The van der Waals surface area contributed by atoms with Crippen LogP contribution in [0.1, 0.15) is 29.5 Å². The van der Waals surface area contributed by atoms with E-state index in [1.807, 2.05) is 61.2 Å². The highest BCUT2D eigenvalue weighted by Crippen LogP contribution is 2.24. The summed E-state index contributed by atoms with van der Waals surface area (Å²) in [6.45, 7) is 5.22. The number of hydrogen-bond acceptors (Lipinski definition) is 2. The van der Waals surface area contributed by atoms with E-state index in [1.165, 1.54) is 0 Å². The van der Waals surface area contributed by atoms with Crippen LogP contribution >= 0.6 is 0 Å². The Bertz CT molecular complexity index is 1080. The monoisotopic (exact) mass is 400 g/mol. The molecule has 0 radical (unpaired) electrons. The van der Waals surface area contributed by atoms with Gasteiger partial charge in [-0.05, 0) is 60.2 Å². The van der Waals surface area contributed by atoms with Crippen LogP contribution in [0.4, 0.5) is 5.69 Å². The van der Waals surface area contributed by atoms with Crippen LogP contribution in [0.15, 0.2) is 60.7 Å². The molecule has 4 heteroatoms. The highest BCUT2D eigenvalue weighted by molar-refractivity contribution is 5.94. The lowest BCUT2D eigenvalue weighted by Gasteiger charge is -2.32. The number of nitrogens with one attached hydrogen (secondary N) is 1. The fraction of sp³-hybridized carbons (Fsp3) is 0.308. The molecule has 1 fully saturated rings. The Labute approximate surface area is 177 Å². The third-order valence-electron chi connectivity index (χ3n) is 6.02. The van der Waals surface area contributed by atoms with Crippen LogP contribution in [0, 0.1) is 19.8 Å². The van der Waals surface area contributed by atoms with Crippen molar-refractivity contribution in [1.29, 1.82) is 0 Å². The van der Waals surface area contributed by atoms with E-state index in [-0.39, 0.29) is 17.7 Å². The van der Waals surface area contributed by atoms with Crippen LogP contribution in [0.25, 0.3) is 10.8 Å². The van der Waals surface area contributed by atoms with Gasteiger partial charge in [0.2, 0.25) is 11.8 Å². The van der Waals surface area contributed by atoms with Gasteiger partial charge in [0, 0.05) is 18.8 Å². The molecule has 4 nitrogen and oxygen atoms in total. The van der Waals surface area contributed by atoms with Crippen molar-refractivity contribution in [3.8, 4) is 0 Å². The molecule has 2 amide bonds. The maximum Gasteiger partial charge on any atom is 0.229 e. The van der Waals surface area contributed by atoms with E-state index < -0.39 is 0 Å². The number of amides is 2. The Morgan fingerprint density at radius 1 is 1.03 bits per heavy atom. The summed E-state index contributed by atoms with van der Waals surface area (Å²) in [6, 6.07) is 20.3. The number of carbonyl (C=O) groups excluding carboxylic acids is 2. The largest absolute Gasteiger partial charge is 0.342 e. The Balaban J connectivity index is 1.43. The lowest BCUT2D eigenvalue weighted by atomic mass is 9.95. The van der Waals surface area contributed by atoms with Crippen LogP contribution in [0.3, 0.4) is 0 Å². The van der Waals surface area contributed by atoms with Crippen LogP contribution in [0.2, 0.25) is 0 Å². The second-order valence-corrected chi connectivity index (χ2v) is 8.30. The first-order valence-electron chi connectivity index (χ1n) is 10.6. The number of rotatable bonds is 4. The number of likely N-dealkylation sites (tertiary alicyclic amines) is 1. The molecule has 0 bridgehead atoms. The molecule has 1 aliphatic rings. The van der Waals surface area contributed by atoms with Gasteiger partial charge in [-0.25, -0.2) is 0 Å². The lowest BCUT2D eigenvalue weighted by Crippen LogP contribution is -2.44. The standard InChI is InChI=1S/C26H28N2O2/c1-18-12-13-19(2)24(15-18)27-26(30)22-10-6-14-28(17-22)25(29)16-21-9-5-8-20-7-3-4-11-23(20)21/h3-5,7-9,11-13,15,22H,6,10,14,16-17H2,1-2H3,(H,27,30). The molecular formula is C26H28N2O2. The minimum Gasteiger partial charge on any atom is -0.342 e. The maximum atomic E-state index is 13.0. The number of nitrogens with zero attached hydrogens (tertiary/aromatic N) is 1. The van der Waals surface area contributed by atoms with Crippen LogP contribution in [0.5, 0.6) is 0 Å². The van der Waals surface area contributed by atoms with Gasteiger partial charge >= 0.3 is 0 Å². The first kappa shape index (κ1) is 20.1. The van der Waals surface area contributed by atoms with E-state index in [0.29, 0.717) is 13.0 Å². The van der Waals surface area contributed by atoms with Crippen LogP contribution in [-0.4, -0.2) is 29.8 Å². The first-order chi connectivity index (χ1) is 14.5. The third kappa shape index (κ3) is 4.38. The molecule has 3 aromatic rings. The summed E-state index contributed by atoms with van der Waals surface area (Å²) < 4.78 is 0. The molecule has 154 valence electrons. The topological polar surface area (TPSA) is 49.4 Å². The van der Waals surface area contributed by atoms with Gasteiger partial charge in [-0.15, -0.1) is 0 Å². The summed E-state index contributed by atoms with van der Waals surface area (Å²) in [7, 11) is 0. The summed E-state index contributed by atoms with van der Waals surface area (Å²) >= 11 is 0. The molecule has 4 rings (SSSR count). The summed E-state index contributed by atoms with van der Waals surface area (Å²) in [6.07, 6.45) is 2.04. The van der Waals surface area contributed by atoms with Crippen molar-refractivity contribution in [2.45, 2.75) is 33.1 Å². The number of fused-ring (bicyclic) bond motifs is 1. The minimum atomic E-state index is -0.171. The van der Waals surface area contributed by atoms with Gasteiger partial charge in [0.05, 0.1) is 12.3 Å². The zero-order valence-electron chi connectivity index (χ0n) is 17.7. The van der Waals surface area contributed by atoms with Gasteiger partial charge in [0.15, 0.2) is 0 Å². The highest BCUT2D eigenvalue weighted by Gasteiger charge is 2.28. The van der Waals surface area contributed by atoms with E-state index in [2.05, 4.69) is 23.5 Å². The van der Waals surface area contributed by atoms with Gasteiger partial charge in [-0.2, -0.15) is 0 Å². The van der Waals surface area contributed by atoms with Crippen molar-refractivity contribution in [1.82, 2.24) is 4.90 Å². The second kappa shape index (κ2) is 8.70. The molecule has 0 spiro atoms. The number of piperidine rings is 1. The van der Waals surface area contributed by atoms with E-state index in [4.69, 9.17) is 0 Å². The summed E-state index contributed by atoms with van der Waals surface area (Å²) in [5.74, 6) is -0.0721. The molecule has 1 heterocycles. The van der Waals surface area contributed by atoms with Gasteiger partial charge in [0.25, 0.3) is 0 Å². The Morgan fingerprint density at radius 2 is 1.83 bits per heavy atom. The number of aryl methyl sites for hydroxylation is 2. The van der Waals surface area contributed by atoms with E-state index in [0.717, 1.165) is 52.5 Å². The SMILES string of the molecule is Cc1ccc(C)c(NC(=O)C2CCCN(C(=O)Cc3cccc4ccccc34)C2)c1. The molecule has 1 saturated heterocycles. The van der Waals surface area contributed by atoms with E-state index in [1.54, 1.807) is 0 Å². The van der Waals surface area contributed by atoms with Crippen molar-refractivity contribution < 1.29 is 9.59 Å². The van der Waals surface area contributed by atoms with Crippen molar-refractivity contribution in [2.75, 3.05) is 18.4 Å². The molecule has 3 aromatic carbocycles. The molecular weight excluding hydrogens is 372 g/mol. The lowest BCUT2D eigenvalue weighted by molar-refractivity contribution is -0.133. The van der Waals surface area contributed by atoms with Crippen molar-refractivity contribution in [3.05, 3.63) is 77.4 Å². The minimum absolute atomic E-state index is 0.00589.